The monoisotopic (exact) mass is 310 g/mol. The van der Waals surface area contributed by atoms with Crippen molar-refractivity contribution in [3.05, 3.63) is 59.0 Å². The zero-order chi connectivity index (χ0) is 15.5. The Bertz CT molecular complexity index is 778. The number of thiazole rings is 1. The highest BCUT2D eigenvalue weighted by molar-refractivity contribution is 7.14. The van der Waals surface area contributed by atoms with Crippen molar-refractivity contribution in [3.63, 3.8) is 0 Å². The van der Waals surface area contributed by atoms with E-state index in [1.165, 1.54) is 16.7 Å². The Labute approximate surface area is 134 Å². The minimum atomic E-state index is 0.848. The molecule has 112 valence electrons. The number of nitrogens with one attached hydrogen (secondary N) is 1. The Kier molecular flexibility index (Phi) is 4.11. The molecule has 0 fully saturated rings. The third kappa shape index (κ3) is 3.12. The van der Waals surface area contributed by atoms with Gasteiger partial charge in [0.2, 0.25) is 0 Å². The van der Waals surface area contributed by atoms with Gasteiger partial charge in [0.05, 0.1) is 12.8 Å². The van der Waals surface area contributed by atoms with Gasteiger partial charge in [-0.1, -0.05) is 17.7 Å². The van der Waals surface area contributed by atoms with Gasteiger partial charge in [0.25, 0.3) is 0 Å². The summed E-state index contributed by atoms with van der Waals surface area (Å²) in [7, 11) is 1.67. The lowest BCUT2D eigenvalue weighted by atomic mass is 10.0. The quantitative estimate of drug-likeness (QED) is 0.721. The van der Waals surface area contributed by atoms with E-state index in [0.717, 1.165) is 22.3 Å². The smallest absolute Gasteiger partial charge is 0.187 e. The van der Waals surface area contributed by atoms with E-state index in [0.29, 0.717) is 0 Å². The van der Waals surface area contributed by atoms with Gasteiger partial charge >= 0.3 is 0 Å². The second-order valence-electron chi connectivity index (χ2n) is 5.21. The van der Waals surface area contributed by atoms with Crippen LogP contribution in [0.4, 0.5) is 10.8 Å². The molecule has 1 heterocycles. The fraction of sp³-hybridized carbons (Fsp3) is 0.167. The average molecular weight is 310 g/mol. The molecule has 4 heteroatoms. The SMILES string of the molecule is COc1ccc(Nc2nc(-c3cc(C)ccc3C)cs2)cc1. The standard InChI is InChI=1S/C18H18N2OS/c1-12-4-5-13(2)16(10-12)17-11-22-18(20-17)19-14-6-8-15(21-3)9-7-14/h4-11H,1-3H3,(H,19,20). The van der Waals surface area contributed by atoms with Crippen molar-refractivity contribution in [2.75, 3.05) is 12.4 Å². The summed E-state index contributed by atoms with van der Waals surface area (Å²) >= 11 is 1.61. The minimum Gasteiger partial charge on any atom is -0.497 e. The van der Waals surface area contributed by atoms with E-state index in [1.54, 1.807) is 18.4 Å². The van der Waals surface area contributed by atoms with Gasteiger partial charge in [0, 0.05) is 16.6 Å². The van der Waals surface area contributed by atoms with Crippen LogP contribution in [-0.4, -0.2) is 12.1 Å². The highest BCUT2D eigenvalue weighted by Gasteiger charge is 2.08. The summed E-state index contributed by atoms with van der Waals surface area (Å²) in [6.45, 7) is 4.22. The Morgan fingerprint density at radius 3 is 2.55 bits per heavy atom. The molecule has 3 rings (SSSR count). The average Bonchev–Trinajstić information content (AvgIpc) is 2.99. The molecule has 0 aliphatic carbocycles. The Hall–Kier alpha value is -2.33. The lowest BCUT2D eigenvalue weighted by Crippen LogP contribution is -1.91. The predicted octanol–water partition coefficient (Wildman–Crippen LogP) is 5.18. The summed E-state index contributed by atoms with van der Waals surface area (Å²) in [5.41, 5.74) is 5.70. The first-order valence-corrected chi connectivity index (χ1v) is 7.98. The molecule has 0 aliphatic heterocycles. The van der Waals surface area contributed by atoms with E-state index in [4.69, 9.17) is 9.72 Å². The second kappa shape index (κ2) is 6.20. The van der Waals surface area contributed by atoms with E-state index in [9.17, 15) is 0 Å². The maximum Gasteiger partial charge on any atom is 0.187 e. The van der Waals surface area contributed by atoms with E-state index in [1.807, 2.05) is 24.3 Å². The third-order valence-electron chi connectivity index (χ3n) is 3.51. The molecule has 0 unspecified atom stereocenters. The number of rotatable bonds is 4. The van der Waals surface area contributed by atoms with Crippen molar-refractivity contribution in [2.24, 2.45) is 0 Å². The number of nitrogens with zero attached hydrogens (tertiary/aromatic N) is 1. The van der Waals surface area contributed by atoms with Gasteiger partial charge in [-0.3, -0.25) is 0 Å². The van der Waals surface area contributed by atoms with Crippen LogP contribution in [0, 0.1) is 13.8 Å². The van der Waals surface area contributed by atoms with Gasteiger partial charge in [0.1, 0.15) is 5.75 Å². The van der Waals surface area contributed by atoms with Gasteiger partial charge < -0.3 is 10.1 Å². The van der Waals surface area contributed by atoms with Crippen LogP contribution in [0.25, 0.3) is 11.3 Å². The van der Waals surface area contributed by atoms with E-state index in [2.05, 4.69) is 42.7 Å². The van der Waals surface area contributed by atoms with Crippen LogP contribution in [0.5, 0.6) is 5.75 Å². The third-order valence-corrected chi connectivity index (χ3v) is 4.27. The number of anilines is 2. The summed E-state index contributed by atoms with van der Waals surface area (Å²) in [6.07, 6.45) is 0. The minimum absolute atomic E-state index is 0.848. The predicted molar refractivity (Wildman–Crippen MR) is 93.3 cm³/mol. The van der Waals surface area contributed by atoms with Gasteiger partial charge in [0.15, 0.2) is 5.13 Å². The summed E-state index contributed by atoms with van der Waals surface area (Å²) in [5, 5.41) is 6.31. The van der Waals surface area contributed by atoms with Crippen molar-refractivity contribution < 1.29 is 4.74 Å². The number of hydrogen-bond acceptors (Lipinski definition) is 4. The summed E-state index contributed by atoms with van der Waals surface area (Å²) in [5.74, 6) is 0.848. The van der Waals surface area contributed by atoms with Crippen LogP contribution >= 0.6 is 11.3 Å². The second-order valence-corrected chi connectivity index (χ2v) is 6.07. The van der Waals surface area contributed by atoms with Crippen molar-refractivity contribution in [2.45, 2.75) is 13.8 Å². The van der Waals surface area contributed by atoms with E-state index in [-0.39, 0.29) is 0 Å². The molecule has 1 aromatic heterocycles. The lowest BCUT2D eigenvalue weighted by molar-refractivity contribution is 0.415. The van der Waals surface area contributed by atoms with Crippen molar-refractivity contribution >= 4 is 22.2 Å². The van der Waals surface area contributed by atoms with Crippen LogP contribution in [0.3, 0.4) is 0 Å². The Balaban J connectivity index is 1.82. The fourth-order valence-electron chi connectivity index (χ4n) is 2.26. The molecule has 1 N–H and O–H groups in total. The molecule has 0 spiro atoms. The summed E-state index contributed by atoms with van der Waals surface area (Å²) in [4.78, 5) is 4.70. The van der Waals surface area contributed by atoms with E-state index >= 15 is 0 Å². The van der Waals surface area contributed by atoms with Crippen molar-refractivity contribution in [3.8, 4) is 17.0 Å². The lowest BCUT2D eigenvalue weighted by Gasteiger charge is -2.05. The number of aromatic nitrogens is 1. The Morgan fingerprint density at radius 2 is 1.82 bits per heavy atom. The normalized spacial score (nSPS) is 10.5. The van der Waals surface area contributed by atoms with Gasteiger partial charge in [-0.25, -0.2) is 4.98 Å². The molecule has 0 saturated heterocycles. The molecule has 22 heavy (non-hydrogen) atoms. The first-order chi connectivity index (χ1) is 10.7. The largest absolute Gasteiger partial charge is 0.497 e. The Morgan fingerprint density at radius 1 is 1.05 bits per heavy atom. The molecular formula is C18H18N2OS. The molecule has 0 radical (unpaired) electrons. The number of benzene rings is 2. The first kappa shape index (κ1) is 14.6. The number of aryl methyl sites for hydroxylation is 2. The zero-order valence-electron chi connectivity index (χ0n) is 12.9. The number of methoxy groups -OCH3 is 1. The van der Waals surface area contributed by atoms with Crippen LogP contribution in [-0.2, 0) is 0 Å². The van der Waals surface area contributed by atoms with Crippen molar-refractivity contribution in [1.82, 2.24) is 4.98 Å². The highest BCUT2D eigenvalue weighted by atomic mass is 32.1. The molecule has 2 aromatic carbocycles. The maximum absolute atomic E-state index is 5.16. The molecule has 3 aromatic rings. The number of ether oxygens (including phenoxy) is 1. The summed E-state index contributed by atoms with van der Waals surface area (Å²) < 4.78 is 5.16. The molecule has 0 saturated carbocycles. The van der Waals surface area contributed by atoms with Gasteiger partial charge in [-0.15, -0.1) is 11.3 Å². The zero-order valence-corrected chi connectivity index (χ0v) is 13.7. The van der Waals surface area contributed by atoms with E-state index < -0.39 is 0 Å². The van der Waals surface area contributed by atoms with Crippen LogP contribution in [0.2, 0.25) is 0 Å². The molecule has 0 bridgehead atoms. The van der Waals surface area contributed by atoms with Crippen LogP contribution in [0.1, 0.15) is 11.1 Å². The van der Waals surface area contributed by atoms with Gasteiger partial charge in [-0.2, -0.15) is 0 Å². The topological polar surface area (TPSA) is 34.1 Å². The van der Waals surface area contributed by atoms with Crippen molar-refractivity contribution in [1.29, 1.82) is 0 Å². The van der Waals surface area contributed by atoms with Crippen LogP contribution < -0.4 is 10.1 Å². The molecule has 3 nitrogen and oxygen atoms in total. The maximum atomic E-state index is 5.16. The van der Waals surface area contributed by atoms with Crippen LogP contribution in [0.15, 0.2) is 47.8 Å². The molecular weight excluding hydrogens is 292 g/mol. The fourth-order valence-corrected chi connectivity index (χ4v) is 3.00. The van der Waals surface area contributed by atoms with Gasteiger partial charge in [-0.05, 0) is 49.7 Å². The summed E-state index contributed by atoms with van der Waals surface area (Å²) in [6, 6.07) is 14.3. The first-order valence-electron chi connectivity index (χ1n) is 7.10. The molecule has 0 aliphatic rings. The molecule has 0 amide bonds. The highest BCUT2D eigenvalue weighted by Crippen LogP contribution is 2.30. The molecule has 0 atom stereocenters. The number of hydrogen-bond donors (Lipinski definition) is 1.